The molecule has 0 amide bonds. The fraction of sp³-hybridized carbons (Fsp3) is 0.143. The van der Waals surface area contributed by atoms with Crippen LogP contribution in [0.5, 0.6) is 5.75 Å². The van der Waals surface area contributed by atoms with Crippen LogP contribution in [-0.4, -0.2) is 18.9 Å². The van der Waals surface area contributed by atoms with Crippen molar-refractivity contribution in [1.82, 2.24) is 0 Å². The van der Waals surface area contributed by atoms with Crippen LogP contribution in [0.4, 0.5) is 0 Å². The minimum atomic E-state index is -2.18. The van der Waals surface area contributed by atoms with Gasteiger partial charge in [-0.05, 0) is 0 Å². The number of hydrogen-bond acceptors (Lipinski definition) is 2. The van der Waals surface area contributed by atoms with Crippen LogP contribution >= 0.6 is 11.6 Å². The van der Waals surface area contributed by atoms with Gasteiger partial charge in [-0.15, -0.1) is 0 Å². The van der Waals surface area contributed by atoms with E-state index in [1.165, 1.54) is 0 Å². The molecule has 0 radical (unpaired) electrons. The molecule has 0 aliphatic rings. The summed E-state index contributed by atoms with van der Waals surface area (Å²) in [6.07, 6.45) is 0. The zero-order chi connectivity index (χ0) is 13.1. The van der Waals surface area contributed by atoms with E-state index in [4.69, 9.17) is 11.6 Å². The van der Waals surface area contributed by atoms with Crippen molar-refractivity contribution in [2.45, 2.75) is 12.2 Å². The summed E-state index contributed by atoms with van der Waals surface area (Å²) in [6, 6.07) is 12.4. The molecule has 0 aliphatic heterocycles. The molecule has 18 heavy (non-hydrogen) atoms. The van der Waals surface area contributed by atoms with E-state index in [0.29, 0.717) is 10.3 Å². The van der Waals surface area contributed by atoms with Crippen LogP contribution in [0.2, 0.25) is 5.02 Å². The standard InChI is InChI=1S/C14H13ClO2Se/c1-10-2-7-14(16)11(8-10)9-18(17)13-5-3-12(15)4-6-13/h2-8,16H,9H2,1H3. The molecule has 2 aromatic carbocycles. The van der Waals surface area contributed by atoms with Gasteiger partial charge in [0.15, 0.2) is 0 Å². The van der Waals surface area contributed by atoms with Gasteiger partial charge in [-0.3, -0.25) is 0 Å². The third-order valence-corrected chi connectivity index (χ3v) is 5.73. The molecule has 1 atom stereocenters. The molecule has 0 aliphatic carbocycles. The Kier molecular flexibility index (Phi) is 4.18. The van der Waals surface area contributed by atoms with Gasteiger partial charge < -0.3 is 0 Å². The molecule has 0 heterocycles. The van der Waals surface area contributed by atoms with Gasteiger partial charge >= 0.3 is 115 Å². The Morgan fingerprint density at radius 3 is 2.50 bits per heavy atom. The van der Waals surface area contributed by atoms with Crippen LogP contribution in [0.15, 0.2) is 42.5 Å². The predicted molar refractivity (Wildman–Crippen MR) is 74.1 cm³/mol. The van der Waals surface area contributed by atoms with Crippen molar-refractivity contribution < 1.29 is 8.94 Å². The van der Waals surface area contributed by atoms with Crippen LogP contribution in [0.1, 0.15) is 11.1 Å². The normalized spacial score (nSPS) is 12.3. The molecule has 0 bridgehead atoms. The van der Waals surface area contributed by atoms with Crippen molar-refractivity contribution in [2.75, 3.05) is 0 Å². The first-order valence-corrected chi connectivity index (χ1v) is 8.63. The molecule has 0 saturated carbocycles. The fourth-order valence-corrected chi connectivity index (χ4v) is 4.12. The van der Waals surface area contributed by atoms with E-state index < -0.39 is 13.8 Å². The average Bonchev–Trinajstić information content (AvgIpc) is 2.34. The summed E-state index contributed by atoms with van der Waals surface area (Å²) in [5.74, 6) is 0.208. The Morgan fingerprint density at radius 1 is 1.17 bits per heavy atom. The summed E-state index contributed by atoms with van der Waals surface area (Å²) >= 11 is 3.61. The summed E-state index contributed by atoms with van der Waals surface area (Å²) in [4.78, 5) is 0. The molecule has 2 rings (SSSR count). The number of phenols is 1. The number of hydrogen-bond donors (Lipinski definition) is 1. The van der Waals surface area contributed by atoms with E-state index in [-0.39, 0.29) is 5.75 Å². The van der Waals surface area contributed by atoms with Gasteiger partial charge in [0.05, 0.1) is 0 Å². The maximum atomic E-state index is 12.2. The van der Waals surface area contributed by atoms with Crippen molar-refractivity contribution in [3.05, 3.63) is 58.6 Å². The van der Waals surface area contributed by atoms with Crippen molar-refractivity contribution in [3.8, 4) is 5.75 Å². The number of rotatable bonds is 3. The molecular weight excluding hydrogens is 315 g/mol. The number of aromatic hydroxyl groups is 1. The van der Waals surface area contributed by atoms with E-state index in [9.17, 15) is 8.94 Å². The number of aryl methyl sites for hydroxylation is 1. The van der Waals surface area contributed by atoms with Gasteiger partial charge in [0, 0.05) is 0 Å². The molecule has 0 fully saturated rings. The van der Waals surface area contributed by atoms with Gasteiger partial charge in [-0.25, -0.2) is 0 Å². The van der Waals surface area contributed by atoms with E-state index in [1.54, 1.807) is 30.3 Å². The summed E-state index contributed by atoms with van der Waals surface area (Å²) in [7, 11) is 0. The van der Waals surface area contributed by atoms with Gasteiger partial charge in [-0.2, -0.15) is 0 Å². The molecular formula is C14H13ClO2Se. The van der Waals surface area contributed by atoms with E-state index in [2.05, 4.69) is 0 Å². The number of halogens is 1. The molecule has 1 unspecified atom stereocenters. The van der Waals surface area contributed by atoms with Crippen LogP contribution < -0.4 is 4.46 Å². The Labute approximate surface area is 115 Å². The average molecular weight is 328 g/mol. The van der Waals surface area contributed by atoms with Gasteiger partial charge in [0.1, 0.15) is 0 Å². The second-order valence-corrected chi connectivity index (χ2v) is 7.56. The first kappa shape index (κ1) is 13.3. The fourth-order valence-electron chi connectivity index (χ4n) is 1.64. The Balaban J connectivity index is 2.21. The van der Waals surface area contributed by atoms with Crippen LogP contribution in [-0.2, 0) is 9.15 Å². The SMILES string of the molecule is Cc1ccc(O)c(C[Se](=O)c2ccc(Cl)cc2)c1. The Bertz CT molecular complexity index is 579. The quantitative estimate of drug-likeness (QED) is 0.880. The number of phenolic OH excluding ortho intramolecular Hbond substituents is 1. The second kappa shape index (κ2) is 5.66. The van der Waals surface area contributed by atoms with E-state index in [1.807, 2.05) is 19.1 Å². The van der Waals surface area contributed by atoms with E-state index >= 15 is 0 Å². The zero-order valence-corrected chi connectivity index (χ0v) is 12.4. The number of benzene rings is 2. The summed E-state index contributed by atoms with van der Waals surface area (Å²) < 4.78 is 13.0. The first-order valence-electron chi connectivity index (χ1n) is 5.49. The zero-order valence-electron chi connectivity index (χ0n) is 9.89. The molecule has 2 aromatic rings. The van der Waals surface area contributed by atoms with Crippen molar-refractivity contribution in [3.63, 3.8) is 0 Å². The van der Waals surface area contributed by atoms with Gasteiger partial charge in [0.25, 0.3) is 0 Å². The molecule has 4 heteroatoms. The Hall–Kier alpha value is -1.15. The maximum absolute atomic E-state index is 12.2. The van der Waals surface area contributed by atoms with Crippen LogP contribution in [0.3, 0.4) is 0 Å². The molecule has 0 spiro atoms. The summed E-state index contributed by atoms with van der Waals surface area (Å²) in [6.45, 7) is 1.95. The Morgan fingerprint density at radius 2 is 1.83 bits per heavy atom. The monoisotopic (exact) mass is 328 g/mol. The van der Waals surface area contributed by atoms with Crippen LogP contribution in [0, 0.1) is 6.92 Å². The van der Waals surface area contributed by atoms with Gasteiger partial charge in [-0.1, -0.05) is 0 Å². The van der Waals surface area contributed by atoms with Crippen molar-refractivity contribution in [2.24, 2.45) is 0 Å². The van der Waals surface area contributed by atoms with Crippen molar-refractivity contribution in [1.29, 1.82) is 0 Å². The van der Waals surface area contributed by atoms with Crippen LogP contribution in [0.25, 0.3) is 0 Å². The molecule has 1 N–H and O–H groups in total. The summed E-state index contributed by atoms with van der Waals surface area (Å²) in [5, 5.41) is 10.8. The molecule has 0 aromatic heterocycles. The van der Waals surface area contributed by atoms with Crippen molar-refractivity contribution >= 4 is 29.9 Å². The third kappa shape index (κ3) is 3.20. The molecule has 94 valence electrons. The second-order valence-electron chi connectivity index (χ2n) is 4.08. The topological polar surface area (TPSA) is 37.3 Å². The van der Waals surface area contributed by atoms with E-state index in [0.717, 1.165) is 15.6 Å². The molecule has 2 nitrogen and oxygen atoms in total. The summed E-state index contributed by atoms with van der Waals surface area (Å²) in [5.41, 5.74) is 1.79. The van der Waals surface area contributed by atoms with Gasteiger partial charge in [0.2, 0.25) is 0 Å². The predicted octanol–water partition coefficient (Wildman–Crippen LogP) is 2.76. The third-order valence-electron chi connectivity index (χ3n) is 2.60. The first-order chi connectivity index (χ1) is 8.56. The molecule has 0 saturated heterocycles. The minimum absolute atomic E-state index is 0.208.